The lowest BCUT2D eigenvalue weighted by Gasteiger charge is -2.16. The van der Waals surface area contributed by atoms with Gasteiger partial charge in [0.1, 0.15) is 0 Å². The zero-order chi connectivity index (χ0) is 15.6. The first-order chi connectivity index (χ1) is 9.93. The molecular formula is C19H23NO. The Labute approximate surface area is 127 Å². The normalized spacial score (nSPS) is 11.0. The molecule has 1 aromatic carbocycles. The van der Waals surface area contributed by atoms with Gasteiger partial charge in [-0.25, -0.2) is 0 Å². The van der Waals surface area contributed by atoms with E-state index in [-0.39, 0.29) is 11.7 Å². The molecule has 0 atom stereocenters. The molecule has 0 spiro atoms. The summed E-state index contributed by atoms with van der Waals surface area (Å²) >= 11 is 0. The monoisotopic (exact) mass is 281 g/mol. The van der Waals surface area contributed by atoms with Crippen molar-refractivity contribution in [2.75, 3.05) is 0 Å². The van der Waals surface area contributed by atoms with Crippen molar-refractivity contribution in [2.45, 2.75) is 41.0 Å². The molecule has 0 aliphatic carbocycles. The summed E-state index contributed by atoms with van der Waals surface area (Å²) < 4.78 is 0. The van der Waals surface area contributed by atoms with E-state index in [1.807, 2.05) is 39.8 Å². The number of pyridine rings is 1. The minimum atomic E-state index is 0.000445. The SMILES string of the molecule is CCc1cccc(-c2cc(C)nc(C)c2)c1C(=O)C(C)C. The smallest absolute Gasteiger partial charge is 0.166 e. The quantitative estimate of drug-likeness (QED) is 0.756. The van der Waals surface area contributed by atoms with Crippen LogP contribution in [0, 0.1) is 19.8 Å². The van der Waals surface area contributed by atoms with Crippen LogP contribution in [-0.2, 0) is 6.42 Å². The third-order valence-electron chi connectivity index (χ3n) is 3.69. The van der Waals surface area contributed by atoms with Crippen LogP contribution < -0.4 is 0 Å². The molecule has 1 heterocycles. The number of rotatable bonds is 4. The topological polar surface area (TPSA) is 30.0 Å². The van der Waals surface area contributed by atoms with E-state index in [9.17, 15) is 4.79 Å². The zero-order valence-corrected chi connectivity index (χ0v) is 13.5. The van der Waals surface area contributed by atoms with Crippen LogP contribution in [0.3, 0.4) is 0 Å². The van der Waals surface area contributed by atoms with Crippen molar-refractivity contribution < 1.29 is 4.79 Å². The number of aromatic nitrogens is 1. The molecule has 0 saturated carbocycles. The van der Waals surface area contributed by atoms with Crippen LogP contribution in [0.2, 0.25) is 0 Å². The molecule has 0 fully saturated rings. The highest BCUT2D eigenvalue weighted by Crippen LogP contribution is 2.29. The number of ketones is 1. The summed E-state index contributed by atoms with van der Waals surface area (Å²) in [6.45, 7) is 10.00. The summed E-state index contributed by atoms with van der Waals surface area (Å²) in [4.78, 5) is 17.1. The Morgan fingerprint density at radius 3 is 2.29 bits per heavy atom. The lowest BCUT2D eigenvalue weighted by molar-refractivity contribution is 0.0939. The summed E-state index contributed by atoms with van der Waals surface area (Å²) in [6, 6.07) is 10.2. The van der Waals surface area contributed by atoms with E-state index in [2.05, 4.69) is 30.1 Å². The molecule has 110 valence electrons. The third-order valence-corrected chi connectivity index (χ3v) is 3.69. The van der Waals surface area contributed by atoms with Crippen molar-refractivity contribution in [3.05, 3.63) is 52.8 Å². The summed E-state index contributed by atoms with van der Waals surface area (Å²) in [5.41, 5.74) is 6.07. The fourth-order valence-corrected chi connectivity index (χ4v) is 2.70. The Kier molecular flexibility index (Phi) is 4.56. The molecular weight excluding hydrogens is 258 g/mol. The second-order valence-corrected chi connectivity index (χ2v) is 5.85. The van der Waals surface area contributed by atoms with Gasteiger partial charge >= 0.3 is 0 Å². The highest BCUT2D eigenvalue weighted by molar-refractivity contribution is 6.04. The zero-order valence-electron chi connectivity index (χ0n) is 13.5. The van der Waals surface area contributed by atoms with E-state index in [1.165, 1.54) is 0 Å². The van der Waals surface area contributed by atoms with E-state index >= 15 is 0 Å². The van der Waals surface area contributed by atoms with Crippen LogP contribution in [0.25, 0.3) is 11.1 Å². The van der Waals surface area contributed by atoms with Gasteiger partial charge in [0, 0.05) is 22.9 Å². The number of hydrogen-bond donors (Lipinski definition) is 0. The number of carbonyl (C=O) groups is 1. The Bertz CT molecular complexity index is 651. The molecule has 2 heteroatoms. The summed E-state index contributed by atoms with van der Waals surface area (Å²) in [5.74, 6) is 0.218. The van der Waals surface area contributed by atoms with Crippen molar-refractivity contribution in [2.24, 2.45) is 5.92 Å². The highest BCUT2D eigenvalue weighted by Gasteiger charge is 2.19. The van der Waals surface area contributed by atoms with Crippen LogP contribution in [0.5, 0.6) is 0 Å². The van der Waals surface area contributed by atoms with E-state index < -0.39 is 0 Å². The third kappa shape index (κ3) is 3.21. The molecule has 0 radical (unpaired) electrons. The number of nitrogens with zero attached hydrogens (tertiary/aromatic N) is 1. The van der Waals surface area contributed by atoms with Gasteiger partial charge in [0.05, 0.1) is 0 Å². The van der Waals surface area contributed by atoms with Crippen LogP contribution in [0.1, 0.15) is 48.1 Å². The van der Waals surface area contributed by atoms with E-state index in [0.29, 0.717) is 0 Å². The van der Waals surface area contributed by atoms with Gasteiger partial charge in [-0.1, -0.05) is 39.0 Å². The highest BCUT2D eigenvalue weighted by atomic mass is 16.1. The Morgan fingerprint density at radius 1 is 1.14 bits per heavy atom. The molecule has 0 unspecified atom stereocenters. The number of carbonyl (C=O) groups excluding carboxylic acids is 1. The first-order valence-corrected chi connectivity index (χ1v) is 7.55. The molecule has 0 aliphatic heterocycles. The first-order valence-electron chi connectivity index (χ1n) is 7.55. The number of Topliss-reactive ketones (excluding diaryl/α,β-unsaturated/α-hetero) is 1. The Hall–Kier alpha value is -1.96. The van der Waals surface area contributed by atoms with Crippen LogP contribution in [0.4, 0.5) is 0 Å². The van der Waals surface area contributed by atoms with Crippen molar-refractivity contribution in [1.82, 2.24) is 4.98 Å². The molecule has 0 bridgehead atoms. The fraction of sp³-hybridized carbons (Fsp3) is 0.368. The largest absolute Gasteiger partial charge is 0.294 e. The maximum absolute atomic E-state index is 12.7. The number of aryl methyl sites for hydroxylation is 3. The van der Waals surface area contributed by atoms with Crippen molar-refractivity contribution in [3.63, 3.8) is 0 Å². The molecule has 2 nitrogen and oxygen atoms in total. The summed E-state index contributed by atoms with van der Waals surface area (Å²) in [6.07, 6.45) is 0.866. The molecule has 1 aromatic heterocycles. The van der Waals surface area contributed by atoms with Gasteiger partial charge < -0.3 is 0 Å². The molecule has 2 rings (SSSR count). The lowest BCUT2D eigenvalue weighted by Crippen LogP contribution is -2.12. The van der Waals surface area contributed by atoms with Gasteiger partial charge in [0.2, 0.25) is 0 Å². The molecule has 0 aliphatic rings. The molecule has 0 N–H and O–H groups in total. The standard InChI is InChI=1S/C19H23NO/c1-6-15-8-7-9-17(18(15)19(21)12(2)3)16-10-13(4)20-14(5)11-16/h7-12H,6H2,1-5H3. The minimum Gasteiger partial charge on any atom is -0.294 e. The average Bonchev–Trinajstić information content (AvgIpc) is 2.44. The minimum absolute atomic E-state index is 0.000445. The van der Waals surface area contributed by atoms with Gasteiger partial charge in [-0.2, -0.15) is 0 Å². The predicted molar refractivity (Wildman–Crippen MR) is 87.7 cm³/mol. The van der Waals surface area contributed by atoms with Gasteiger partial charge in [0.15, 0.2) is 5.78 Å². The van der Waals surface area contributed by atoms with E-state index in [4.69, 9.17) is 0 Å². The van der Waals surface area contributed by atoms with E-state index in [1.54, 1.807) is 0 Å². The predicted octanol–water partition coefficient (Wildman–Crippen LogP) is 4.77. The summed E-state index contributed by atoms with van der Waals surface area (Å²) in [7, 11) is 0. The van der Waals surface area contributed by atoms with Gasteiger partial charge in [0.25, 0.3) is 0 Å². The van der Waals surface area contributed by atoms with Gasteiger partial charge in [-0.15, -0.1) is 0 Å². The van der Waals surface area contributed by atoms with Crippen LogP contribution >= 0.6 is 0 Å². The maximum Gasteiger partial charge on any atom is 0.166 e. The molecule has 21 heavy (non-hydrogen) atoms. The molecule has 0 amide bonds. The summed E-state index contributed by atoms with van der Waals surface area (Å²) in [5, 5.41) is 0. The van der Waals surface area contributed by atoms with Gasteiger partial charge in [-0.05, 0) is 49.1 Å². The molecule has 0 saturated heterocycles. The van der Waals surface area contributed by atoms with Gasteiger partial charge in [-0.3, -0.25) is 9.78 Å². The number of benzene rings is 1. The van der Waals surface area contributed by atoms with Crippen molar-refractivity contribution in [1.29, 1.82) is 0 Å². The first kappa shape index (κ1) is 15.4. The fourth-order valence-electron chi connectivity index (χ4n) is 2.70. The number of hydrogen-bond acceptors (Lipinski definition) is 2. The maximum atomic E-state index is 12.7. The lowest BCUT2D eigenvalue weighted by atomic mass is 9.88. The molecule has 2 aromatic rings. The van der Waals surface area contributed by atoms with Crippen molar-refractivity contribution >= 4 is 5.78 Å². The Balaban J connectivity index is 2.71. The van der Waals surface area contributed by atoms with Crippen LogP contribution in [0.15, 0.2) is 30.3 Å². The van der Waals surface area contributed by atoms with Crippen molar-refractivity contribution in [3.8, 4) is 11.1 Å². The average molecular weight is 281 g/mol. The second kappa shape index (κ2) is 6.21. The Morgan fingerprint density at radius 2 is 1.76 bits per heavy atom. The van der Waals surface area contributed by atoms with E-state index in [0.717, 1.165) is 40.1 Å². The van der Waals surface area contributed by atoms with Crippen LogP contribution in [-0.4, -0.2) is 10.8 Å². The second-order valence-electron chi connectivity index (χ2n) is 5.85.